The molecule has 0 radical (unpaired) electrons. The third kappa shape index (κ3) is 4.92. The first kappa shape index (κ1) is 21.2. The molecule has 0 saturated carbocycles. The van der Waals surface area contributed by atoms with E-state index in [-0.39, 0.29) is 29.8 Å². The highest BCUT2D eigenvalue weighted by atomic mass is 19.1. The molecule has 0 aliphatic rings. The van der Waals surface area contributed by atoms with Crippen LogP contribution in [0.4, 0.5) is 10.1 Å². The first-order chi connectivity index (χ1) is 14.4. The fourth-order valence-corrected chi connectivity index (χ4v) is 3.04. The lowest BCUT2D eigenvalue weighted by Gasteiger charge is -2.11. The van der Waals surface area contributed by atoms with E-state index in [0.29, 0.717) is 23.4 Å². The number of carbonyl (C=O) groups excluding carboxylic acids is 2. The van der Waals surface area contributed by atoms with Gasteiger partial charge >= 0.3 is 5.97 Å². The van der Waals surface area contributed by atoms with E-state index in [4.69, 9.17) is 4.74 Å². The van der Waals surface area contributed by atoms with Gasteiger partial charge in [0.1, 0.15) is 11.5 Å². The van der Waals surface area contributed by atoms with Gasteiger partial charge in [-0.05, 0) is 43.2 Å². The molecule has 7 heteroatoms. The van der Waals surface area contributed by atoms with Crippen LogP contribution in [-0.4, -0.2) is 28.3 Å². The van der Waals surface area contributed by atoms with Crippen LogP contribution in [0, 0.1) is 11.7 Å². The minimum Gasteiger partial charge on any atom is -0.461 e. The zero-order chi connectivity index (χ0) is 21.7. The van der Waals surface area contributed by atoms with Crippen molar-refractivity contribution < 1.29 is 18.7 Å². The van der Waals surface area contributed by atoms with Gasteiger partial charge in [-0.2, -0.15) is 5.10 Å². The Morgan fingerprint density at radius 1 is 1.13 bits per heavy atom. The average Bonchev–Trinajstić information content (AvgIpc) is 3.13. The number of hydrogen-bond donors (Lipinski definition) is 1. The van der Waals surface area contributed by atoms with Crippen LogP contribution in [0.2, 0.25) is 0 Å². The van der Waals surface area contributed by atoms with Crippen molar-refractivity contribution in [3.05, 3.63) is 66.1 Å². The number of esters is 1. The molecule has 0 aliphatic heterocycles. The lowest BCUT2D eigenvalue weighted by molar-refractivity contribution is -0.116. The summed E-state index contributed by atoms with van der Waals surface area (Å²) in [6.07, 6.45) is 0.407. The number of carbonyl (C=O) groups is 2. The third-order valence-corrected chi connectivity index (χ3v) is 4.31. The van der Waals surface area contributed by atoms with Gasteiger partial charge in [0.25, 0.3) is 0 Å². The average molecular weight is 409 g/mol. The fourth-order valence-electron chi connectivity index (χ4n) is 3.04. The van der Waals surface area contributed by atoms with Gasteiger partial charge in [0.15, 0.2) is 5.69 Å². The zero-order valence-corrected chi connectivity index (χ0v) is 17.2. The summed E-state index contributed by atoms with van der Waals surface area (Å²) in [5, 5.41) is 7.15. The molecule has 1 N–H and O–H groups in total. The molecule has 1 heterocycles. The summed E-state index contributed by atoms with van der Waals surface area (Å²) in [6.45, 7) is 5.85. The summed E-state index contributed by atoms with van der Waals surface area (Å²) in [5.74, 6) is -0.909. The van der Waals surface area contributed by atoms with Crippen LogP contribution in [0.5, 0.6) is 0 Å². The van der Waals surface area contributed by atoms with Crippen molar-refractivity contribution >= 4 is 17.6 Å². The standard InChI is InChI=1S/C23H24FN3O3/c1-4-30-23(29)19-14-21(27(26-19)20-11-6-5-10-18(20)24)16-8-7-9-17(13-16)25-22(28)12-15(2)3/h5-11,13-15H,4,12H2,1-3H3,(H,25,28). The molecule has 30 heavy (non-hydrogen) atoms. The van der Waals surface area contributed by atoms with Crippen molar-refractivity contribution in [1.29, 1.82) is 0 Å². The molecular formula is C23H24FN3O3. The Labute approximate surface area is 174 Å². The van der Waals surface area contributed by atoms with Crippen LogP contribution >= 0.6 is 0 Å². The molecule has 0 aliphatic carbocycles. The van der Waals surface area contributed by atoms with E-state index in [1.54, 1.807) is 55.5 Å². The molecule has 2 aromatic carbocycles. The van der Waals surface area contributed by atoms with E-state index >= 15 is 0 Å². The fraction of sp³-hybridized carbons (Fsp3) is 0.261. The molecule has 0 bridgehead atoms. The SMILES string of the molecule is CCOC(=O)c1cc(-c2cccc(NC(=O)CC(C)C)c2)n(-c2ccccc2F)n1. The highest BCUT2D eigenvalue weighted by Gasteiger charge is 2.19. The van der Waals surface area contributed by atoms with E-state index in [1.165, 1.54) is 10.7 Å². The third-order valence-electron chi connectivity index (χ3n) is 4.31. The minimum absolute atomic E-state index is 0.0735. The predicted octanol–water partition coefficient (Wildman–Crippen LogP) is 4.84. The Morgan fingerprint density at radius 3 is 2.60 bits per heavy atom. The van der Waals surface area contributed by atoms with Gasteiger partial charge in [-0.3, -0.25) is 4.79 Å². The predicted molar refractivity (Wildman–Crippen MR) is 113 cm³/mol. The molecule has 1 amide bonds. The van der Waals surface area contributed by atoms with Crippen molar-refractivity contribution in [2.75, 3.05) is 11.9 Å². The van der Waals surface area contributed by atoms with E-state index in [0.717, 1.165) is 0 Å². The number of anilines is 1. The van der Waals surface area contributed by atoms with E-state index in [9.17, 15) is 14.0 Å². The number of nitrogens with zero attached hydrogens (tertiary/aromatic N) is 2. The van der Waals surface area contributed by atoms with E-state index < -0.39 is 11.8 Å². The molecule has 6 nitrogen and oxygen atoms in total. The summed E-state index contributed by atoms with van der Waals surface area (Å²) in [4.78, 5) is 24.4. The van der Waals surface area contributed by atoms with Gasteiger partial charge in [0, 0.05) is 17.7 Å². The van der Waals surface area contributed by atoms with Gasteiger partial charge < -0.3 is 10.1 Å². The van der Waals surface area contributed by atoms with Gasteiger partial charge in [-0.15, -0.1) is 0 Å². The first-order valence-corrected chi connectivity index (χ1v) is 9.81. The van der Waals surface area contributed by atoms with E-state index in [2.05, 4.69) is 10.4 Å². The lowest BCUT2D eigenvalue weighted by atomic mass is 10.1. The zero-order valence-electron chi connectivity index (χ0n) is 17.2. The number of rotatable bonds is 7. The van der Waals surface area contributed by atoms with E-state index in [1.807, 2.05) is 13.8 Å². The van der Waals surface area contributed by atoms with Crippen LogP contribution < -0.4 is 5.32 Å². The number of nitrogens with one attached hydrogen (secondary N) is 1. The van der Waals surface area contributed by atoms with Crippen LogP contribution in [0.1, 0.15) is 37.7 Å². The Bertz CT molecular complexity index is 1060. The minimum atomic E-state index is -0.588. The second-order valence-corrected chi connectivity index (χ2v) is 7.23. The monoisotopic (exact) mass is 409 g/mol. The molecular weight excluding hydrogens is 385 g/mol. The van der Waals surface area contributed by atoms with Gasteiger partial charge in [-0.1, -0.05) is 38.1 Å². The largest absolute Gasteiger partial charge is 0.461 e. The Kier molecular flexibility index (Phi) is 6.61. The van der Waals surface area contributed by atoms with Crippen molar-refractivity contribution in [3.63, 3.8) is 0 Å². The highest BCUT2D eigenvalue weighted by molar-refractivity contribution is 5.92. The number of amides is 1. The summed E-state index contributed by atoms with van der Waals surface area (Å²) in [6, 6.07) is 14.9. The number of ether oxygens (including phenoxy) is 1. The lowest BCUT2D eigenvalue weighted by Crippen LogP contribution is -2.13. The van der Waals surface area contributed by atoms with Crippen LogP contribution in [-0.2, 0) is 9.53 Å². The van der Waals surface area contributed by atoms with Crippen LogP contribution in [0.25, 0.3) is 16.9 Å². The maximum absolute atomic E-state index is 14.5. The first-order valence-electron chi connectivity index (χ1n) is 9.81. The van der Waals surface area contributed by atoms with Gasteiger partial charge in [-0.25, -0.2) is 13.9 Å². The summed E-state index contributed by atoms with van der Waals surface area (Å²) >= 11 is 0. The smallest absolute Gasteiger partial charge is 0.358 e. The molecule has 0 fully saturated rings. The Balaban J connectivity index is 2.04. The number of para-hydroxylation sites is 1. The number of hydrogen-bond acceptors (Lipinski definition) is 4. The summed E-state index contributed by atoms with van der Waals surface area (Å²) in [7, 11) is 0. The van der Waals surface area contributed by atoms with Crippen molar-refractivity contribution in [3.8, 4) is 16.9 Å². The second kappa shape index (κ2) is 9.35. The normalized spacial score (nSPS) is 10.8. The van der Waals surface area contributed by atoms with Crippen LogP contribution in [0.3, 0.4) is 0 Å². The number of aromatic nitrogens is 2. The van der Waals surface area contributed by atoms with Crippen LogP contribution in [0.15, 0.2) is 54.6 Å². The Hall–Kier alpha value is -3.48. The van der Waals surface area contributed by atoms with Gasteiger partial charge in [0.05, 0.1) is 12.3 Å². The van der Waals surface area contributed by atoms with Crippen molar-refractivity contribution in [1.82, 2.24) is 9.78 Å². The molecule has 3 aromatic rings. The van der Waals surface area contributed by atoms with Gasteiger partial charge in [0.2, 0.25) is 5.91 Å². The van der Waals surface area contributed by atoms with Crippen molar-refractivity contribution in [2.45, 2.75) is 27.2 Å². The molecule has 0 atom stereocenters. The molecule has 156 valence electrons. The highest BCUT2D eigenvalue weighted by Crippen LogP contribution is 2.28. The topological polar surface area (TPSA) is 73.2 Å². The maximum Gasteiger partial charge on any atom is 0.358 e. The maximum atomic E-state index is 14.5. The molecule has 0 spiro atoms. The molecule has 0 saturated heterocycles. The molecule has 1 aromatic heterocycles. The quantitative estimate of drug-likeness (QED) is 0.567. The number of benzene rings is 2. The summed E-state index contributed by atoms with van der Waals surface area (Å²) in [5.41, 5.74) is 2.06. The number of halogens is 1. The molecule has 0 unspecified atom stereocenters. The Morgan fingerprint density at radius 2 is 1.90 bits per heavy atom. The summed E-state index contributed by atoms with van der Waals surface area (Å²) < 4.78 is 20.9. The second-order valence-electron chi connectivity index (χ2n) is 7.23. The molecule has 3 rings (SSSR count). The van der Waals surface area contributed by atoms with Crippen molar-refractivity contribution in [2.24, 2.45) is 5.92 Å².